The lowest BCUT2D eigenvalue weighted by Crippen LogP contribution is -2.08. The van der Waals surface area contributed by atoms with Crippen LogP contribution < -0.4 is 0 Å². The number of benzene rings is 1. The van der Waals surface area contributed by atoms with Crippen LogP contribution in [0.2, 0.25) is 0 Å². The molecule has 0 aromatic heterocycles. The number of esters is 2. The molecule has 116 valence electrons. The maximum Gasteiger partial charge on any atom is 0.338 e. The van der Waals surface area contributed by atoms with E-state index < -0.39 is 5.97 Å². The fourth-order valence-electron chi connectivity index (χ4n) is 2.30. The zero-order valence-electron chi connectivity index (χ0n) is 12.6. The third-order valence-electron chi connectivity index (χ3n) is 3.36. The molecule has 2 rings (SSSR count). The molecule has 1 aliphatic carbocycles. The number of carbonyl (C=O) groups is 3. The Morgan fingerprint density at radius 2 is 1.82 bits per heavy atom. The molecule has 0 N–H and O–H groups in total. The molecule has 5 nitrogen and oxygen atoms in total. The lowest BCUT2D eigenvalue weighted by atomic mass is 10.0. The van der Waals surface area contributed by atoms with Gasteiger partial charge in [-0.05, 0) is 34.9 Å². The van der Waals surface area contributed by atoms with Crippen molar-refractivity contribution in [3.63, 3.8) is 0 Å². The molecular formula is C16H16O5S. The van der Waals surface area contributed by atoms with Gasteiger partial charge in [0.25, 0.3) is 0 Å². The number of methoxy groups -OCH3 is 2. The van der Waals surface area contributed by atoms with Crippen molar-refractivity contribution in [3.8, 4) is 0 Å². The standard InChI is InChI=1S/C16H16O5S/c1-9(17)22-8-13-6-10-4-12(15(18)20-2)5-11(10)7-14(13)16(19)21-3/h4,6-7H,5,8H2,1-3H3. The van der Waals surface area contributed by atoms with Gasteiger partial charge in [-0.3, -0.25) is 4.79 Å². The molecule has 0 radical (unpaired) electrons. The van der Waals surface area contributed by atoms with E-state index in [1.807, 2.05) is 6.07 Å². The number of fused-ring (bicyclic) bond motifs is 1. The minimum atomic E-state index is -0.450. The zero-order chi connectivity index (χ0) is 16.3. The Hall–Kier alpha value is -2.08. The third kappa shape index (κ3) is 3.39. The minimum absolute atomic E-state index is 0.0258. The summed E-state index contributed by atoms with van der Waals surface area (Å²) in [6.45, 7) is 1.48. The zero-order valence-corrected chi connectivity index (χ0v) is 13.4. The second kappa shape index (κ2) is 6.79. The van der Waals surface area contributed by atoms with E-state index in [0.717, 1.165) is 22.9 Å². The smallest absolute Gasteiger partial charge is 0.338 e. The molecule has 22 heavy (non-hydrogen) atoms. The van der Waals surface area contributed by atoms with Crippen LogP contribution in [0.5, 0.6) is 0 Å². The van der Waals surface area contributed by atoms with E-state index in [9.17, 15) is 14.4 Å². The Morgan fingerprint density at radius 1 is 1.14 bits per heavy atom. The molecule has 0 saturated heterocycles. The summed E-state index contributed by atoms with van der Waals surface area (Å²) in [5.74, 6) is -0.446. The summed E-state index contributed by atoms with van der Waals surface area (Å²) < 4.78 is 9.52. The van der Waals surface area contributed by atoms with Crippen LogP contribution in [0.3, 0.4) is 0 Å². The Bertz CT molecular complexity index is 675. The van der Waals surface area contributed by atoms with Crippen LogP contribution in [-0.4, -0.2) is 31.3 Å². The van der Waals surface area contributed by atoms with Crippen LogP contribution in [0.1, 0.15) is 34.0 Å². The van der Waals surface area contributed by atoms with Crippen molar-refractivity contribution in [1.82, 2.24) is 0 Å². The molecule has 0 bridgehead atoms. The quantitative estimate of drug-likeness (QED) is 0.793. The Labute approximate surface area is 132 Å². The van der Waals surface area contributed by atoms with Gasteiger partial charge in [-0.1, -0.05) is 11.8 Å². The number of rotatable bonds is 4. The monoisotopic (exact) mass is 320 g/mol. The van der Waals surface area contributed by atoms with E-state index >= 15 is 0 Å². The molecule has 0 atom stereocenters. The summed E-state index contributed by atoms with van der Waals surface area (Å²) in [5, 5.41) is -0.0258. The van der Waals surface area contributed by atoms with E-state index in [1.165, 1.54) is 21.1 Å². The van der Waals surface area contributed by atoms with Crippen LogP contribution in [0.25, 0.3) is 6.08 Å². The Kier molecular flexibility index (Phi) is 5.03. The van der Waals surface area contributed by atoms with Gasteiger partial charge in [0, 0.05) is 24.7 Å². The summed E-state index contributed by atoms with van der Waals surface area (Å²) >= 11 is 1.12. The van der Waals surface area contributed by atoms with Gasteiger partial charge in [0.2, 0.25) is 0 Å². The first-order chi connectivity index (χ1) is 10.5. The normalized spacial score (nSPS) is 12.4. The molecule has 1 aliphatic rings. The van der Waals surface area contributed by atoms with Crippen LogP contribution >= 0.6 is 11.8 Å². The summed E-state index contributed by atoms with van der Waals surface area (Å²) in [4.78, 5) is 34.7. The maximum absolute atomic E-state index is 11.9. The summed E-state index contributed by atoms with van der Waals surface area (Å²) in [6.07, 6.45) is 2.18. The van der Waals surface area contributed by atoms with Crippen molar-refractivity contribution in [2.45, 2.75) is 19.1 Å². The van der Waals surface area contributed by atoms with Gasteiger partial charge in [0.05, 0.1) is 19.8 Å². The first-order valence-electron chi connectivity index (χ1n) is 6.62. The molecule has 0 spiro atoms. The molecule has 0 heterocycles. The van der Waals surface area contributed by atoms with Gasteiger partial charge >= 0.3 is 11.9 Å². The highest BCUT2D eigenvalue weighted by atomic mass is 32.2. The molecule has 0 fully saturated rings. The number of ether oxygens (including phenoxy) is 2. The SMILES string of the molecule is COC(=O)C1=Cc2cc(CSC(C)=O)c(C(=O)OC)cc2C1. The molecule has 0 aliphatic heterocycles. The van der Waals surface area contributed by atoms with E-state index in [0.29, 0.717) is 28.9 Å². The summed E-state index contributed by atoms with van der Waals surface area (Å²) in [6, 6.07) is 3.55. The summed E-state index contributed by atoms with van der Waals surface area (Å²) in [5.41, 5.74) is 3.43. The average Bonchev–Trinajstić information content (AvgIpc) is 2.93. The second-order valence-electron chi connectivity index (χ2n) is 4.82. The number of hydrogen-bond acceptors (Lipinski definition) is 6. The van der Waals surface area contributed by atoms with Gasteiger partial charge in [-0.15, -0.1) is 0 Å². The third-order valence-corrected chi connectivity index (χ3v) is 4.22. The number of carbonyl (C=O) groups excluding carboxylic acids is 3. The number of hydrogen-bond donors (Lipinski definition) is 0. The van der Waals surface area contributed by atoms with Gasteiger partial charge in [-0.25, -0.2) is 9.59 Å². The van der Waals surface area contributed by atoms with Crippen molar-refractivity contribution in [2.75, 3.05) is 14.2 Å². The van der Waals surface area contributed by atoms with Crippen molar-refractivity contribution in [1.29, 1.82) is 0 Å². The van der Waals surface area contributed by atoms with Crippen LogP contribution in [0, 0.1) is 0 Å². The Balaban J connectivity index is 2.39. The van der Waals surface area contributed by atoms with Crippen molar-refractivity contribution >= 4 is 34.9 Å². The summed E-state index contributed by atoms with van der Waals surface area (Å²) in [7, 11) is 2.65. The predicted octanol–water partition coefficient (Wildman–Crippen LogP) is 2.37. The maximum atomic E-state index is 11.9. The topological polar surface area (TPSA) is 69.7 Å². The average molecular weight is 320 g/mol. The van der Waals surface area contributed by atoms with Gasteiger partial charge in [0.1, 0.15) is 0 Å². The molecular weight excluding hydrogens is 304 g/mol. The molecule has 6 heteroatoms. The second-order valence-corrected chi connectivity index (χ2v) is 5.97. The van der Waals surface area contributed by atoms with E-state index in [-0.39, 0.29) is 11.1 Å². The first-order valence-corrected chi connectivity index (χ1v) is 7.61. The van der Waals surface area contributed by atoms with Crippen LogP contribution in [-0.2, 0) is 31.2 Å². The van der Waals surface area contributed by atoms with Crippen LogP contribution in [0.15, 0.2) is 17.7 Å². The lowest BCUT2D eigenvalue weighted by Gasteiger charge is -2.10. The lowest BCUT2D eigenvalue weighted by molar-refractivity contribution is -0.136. The van der Waals surface area contributed by atoms with Crippen LogP contribution in [0.4, 0.5) is 0 Å². The van der Waals surface area contributed by atoms with Gasteiger partial charge < -0.3 is 9.47 Å². The van der Waals surface area contributed by atoms with Crippen molar-refractivity contribution in [2.24, 2.45) is 0 Å². The molecule has 0 saturated carbocycles. The molecule has 1 aromatic carbocycles. The molecule has 1 aromatic rings. The fraction of sp³-hybridized carbons (Fsp3) is 0.312. The van der Waals surface area contributed by atoms with Crippen molar-refractivity contribution in [3.05, 3.63) is 40.0 Å². The minimum Gasteiger partial charge on any atom is -0.466 e. The van der Waals surface area contributed by atoms with E-state index in [4.69, 9.17) is 9.47 Å². The fourth-order valence-corrected chi connectivity index (χ4v) is 2.90. The highest BCUT2D eigenvalue weighted by molar-refractivity contribution is 8.12. The van der Waals surface area contributed by atoms with E-state index in [1.54, 1.807) is 12.1 Å². The van der Waals surface area contributed by atoms with Crippen molar-refractivity contribution < 1.29 is 23.9 Å². The highest BCUT2D eigenvalue weighted by Crippen LogP contribution is 2.30. The highest BCUT2D eigenvalue weighted by Gasteiger charge is 2.23. The first kappa shape index (κ1) is 16.3. The number of thioether (sulfide) groups is 1. The largest absolute Gasteiger partial charge is 0.466 e. The van der Waals surface area contributed by atoms with Gasteiger partial charge in [-0.2, -0.15) is 0 Å². The predicted molar refractivity (Wildman–Crippen MR) is 83.5 cm³/mol. The van der Waals surface area contributed by atoms with E-state index in [2.05, 4.69) is 0 Å². The molecule has 0 unspecified atom stereocenters. The molecule has 0 amide bonds. The van der Waals surface area contributed by atoms with Gasteiger partial charge in [0.15, 0.2) is 5.12 Å². The Morgan fingerprint density at radius 3 is 2.41 bits per heavy atom.